The molecule has 0 radical (unpaired) electrons. The maximum absolute atomic E-state index is 15.7. The van der Waals surface area contributed by atoms with Crippen LogP contribution in [0.3, 0.4) is 0 Å². The summed E-state index contributed by atoms with van der Waals surface area (Å²) in [5.41, 5.74) is 4.76. The number of alkyl halides is 1. The molecule has 3 aromatic rings. The van der Waals surface area contributed by atoms with Crippen molar-refractivity contribution in [3.8, 4) is 0 Å². The second kappa shape index (κ2) is 11.2. The van der Waals surface area contributed by atoms with Gasteiger partial charge in [-0.3, -0.25) is 16.6 Å². The average Bonchev–Trinajstić information content (AvgIpc) is 2.80. The molecule has 1 aliphatic heterocycles. The van der Waals surface area contributed by atoms with Crippen LogP contribution in [0.25, 0.3) is 0 Å². The highest BCUT2D eigenvalue weighted by atomic mass is 19.1. The topological polar surface area (TPSA) is 70.5 Å². The van der Waals surface area contributed by atoms with Crippen molar-refractivity contribution in [2.75, 3.05) is 20.1 Å². The molecule has 36 heavy (non-hydrogen) atoms. The minimum atomic E-state index is -1.54. The lowest BCUT2D eigenvalue weighted by atomic mass is 9.72. The van der Waals surface area contributed by atoms with E-state index in [9.17, 15) is 4.39 Å². The second-order valence-electron chi connectivity index (χ2n) is 10.4. The Morgan fingerprint density at radius 1 is 0.972 bits per heavy atom. The van der Waals surface area contributed by atoms with E-state index in [1.807, 2.05) is 18.2 Å². The van der Waals surface area contributed by atoms with Gasteiger partial charge in [0.1, 0.15) is 17.7 Å². The molecule has 0 bridgehead atoms. The minimum absolute atomic E-state index is 0.0431. The van der Waals surface area contributed by atoms with Crippen molar-refractivity contribution in [2.45, 2.75) is 44.1 Å². The van der Waals surface area contributed by atoms with E-state index in [0.717, 1.165) is 19.5 Å². The van der Waals surface area contributed by atoms with Crippen LogP contribution in [0.5, 0.6) is 0 Å². The first-order valence-corrected chi connectivity index (χ1v) is 12.4. The summed E-state index contributed by atoms with van der Waals surface area (Å²) in [6.45, 7) is 4.62. The molecule has 1 heterocycles. The Morgan fingerprint density at radius 2 is 1.56 bits per heavy atom. The van der Waals surface area contributed by atoms with E-state index in [4.69, 9.17) is 11.7 Å². The van der Waals surface area contributed by atoms with Gasteiger partial charge in [0.15, 0.2) is 0 Å². The van der Waals surface area contributed by atoms with Crippen molar-refractivity contribution in [1.29, 1.82) is 0 Å². The maximum Gasteiger partial charge on any atom is 0.123 e. The summed E-state index contributed by atoms with van der Waals surface area (Å²) >= 11 is 0. The van der Waals surface area contributed by atoms with Gasteiger partial charge < -0.3 is 0 Å². The molecule has 0 aliphatic carbocycles. The van der Waals surface area contributed by atoms with E-state index >= 15 is 4.39 Å². The molecule has 0 aromatic heterocycles. The second-order valence-corrected chi connectivity index (χ2v) is 10.4. The van der Waals surface area contributed by atoms with Crippen LogP contribution in [0.2, 0.25) is 0 Å². The fourth-order valence-electron chi connectivity index (χ4n) is 5.64. The molecule has 192 valence electrons. The van der Waals surface area contributed by atoms with Crippen molar-refractivity contribution in [3.63, 3.8) is 0 Å². The highest BCUT2D eigenvalue weighted by Gasteiger charge is 2.45. The third-order valence-electron chi connectivity index (χ3n) is 7.23. The van der Waals surface area contributed by atoms with Crippen LogP contribution in [0.4, 0.5) is 8.78 Å². The first-order valence-electron chi connectivity index (χ1n) is 12.4. The molecule has 4 rings (SSSR count). The zero-order valence-electron chi connectivity index (χ0n) is 21.2. The van der Waals surface area contributed by atoms with E-state index in [2.05, 4.69) is 58.9 Å². The van der Waals surface area contributed by atoms with Gasteiger partial charge in [0.25, 0.3) is 0 Å². The fraction of sp³-hybridized carbons (Fsp3) is 0.379. The first kappa shape index (κ1) is 26.4. The molecule has 7 heteroatoms. The summed E-state index contributed by atoms with van der Waals surface area (Å²) in [6.07, 6.45) is 0.284. The molecule has 0 saturated carbocycles. The van der Waals surface area contributed by atoms with Crippen molar-refractivity contribution < 1.29 is 8.78 Å². The molecule has 5 N–H and O–H groups in total. The quantitative estimate of drug-likeness (QED) is 0.214. The number of hydrazine groups is 2. The maximum atomic E-state index is 15.7. The Kier molecular flexibility index (Phi) is 8.17. The number of benzene rings is 3. The van der Waals surface area contributed by atoms with Crippen LogP contribution in [-0.4, -0.2) is 35.7 Å². The average molecular weight is 494 g/mol. The lowest BCUT2D eigenvalue weighted by molar-refractivity contribution is -0.00183. The highest BCUT2D eigenvalue weighted by Crippen LogP contribution is 2.45. The number of hydrogen-bond donors (Lipinski definition) is 3. The Hall–Kier alpha value is -2.68. The molecule has 1 aliphatic rings. The fourth-order valence-corrected chi connectivity index (χ4v) is 5.64. The number of nitrogens with one attached hydrogen (secondary N) is 1. The predicted octanol–water partition coefficient (Wildman–Crippen LogP) is 4.84. The number of hydrogen-bond acceptors (Lipinski definition) is 5. The standard InChI is InChI=1S/C29H37F2N5/c1-29(2,31)27(22-15-23(17-25(30)16-22)28(34-32)35(3)33)24-18-36(19-24)26(21-12-8-5-9-13-21)14-20-10-6-4-7-11-20/h4-13,15-17,24,26-28,34H,14,18-19,32-33H2,1-3H3. The monoisotopic (exact) mass is 493 g/mol. The molecule has 3 atom stereocenters. The van der Waals surface area contributed by atoms with Crippen molar-refractivity contribution in [3.05, 3.63) is 107 Å². The normalized spacial score (nSPS) is 17.6. The molecule has 0 amide bonds. The largest absolute Gasteiger partial charge is 0.295 e. The van der Waals surface area contributed by atoms with Crippen LogP contribution < -0.4 is 17.1 Å². The van der Waals surface area contributed by atoms with Crippen molar-refractivity contribution >= 4 is 0 Å². The van der Waals surface area contributed by atoms with Gasteiger partial charge in [-0.1, -0.05) is 66.7 Å². The SMILES string of the molecule is CN(N)C(NN)c1cc(F)cc(C(C2CN(C(Cc3ccccc3)c3ccccc3)C2)C(C)(C)F)c1. The van der Waals surface area contributed by atoms with Gasteiger partial charge >= 0.3 is 0 Å². The Labute approximate surface area is 213 Å². The first-order chi connectivity index (χ1) is 17.2. The Morgan fingerprint density at radius 3 is 2.11 bits per heavy atom. The van der Waals surface area contributed by atoms with Crippen LogP contribution >= 0.6 is 0 Å². The van der Waals surface area contributed by atoms with Crippen molar-refractivity contribution in [1.82, 2.24) is 15.3 Å². The summed E-state index contributed by atoms with van der Waals surface area (Å²) in [5.74, 6) is 10.7. The van der Waals surface area contributed by atoms with E-state index < -0.39 is 23.6 Å². The van der Waals surface area contributed by atoms with Gasteiger partial charge in [-0.05, 0) is 60.6 Å². The summed E-state index contributed by atoms with van der Waals surface area (Å²) in [5, 5.41) is 1.37. The summed E-state index contributed by atoms with van der Waals surface area (Å²) in [6, 6.07) is 25.7. The van der Waals surface area contributed by atoms with Crippen LogP contribution in [0, 0.1) is 11.7 Å². The third-order valence-corrected chi connectivity index (χ3v) is 7.23. The Bertz CT molecular complexity index is 1110. The van der Waals surface area contributed by atoms with Gasteiger partial charge in [-0.25, -0.2) is 19.2 Å². The summed E-state index contributed by atoms with van der Waals surface area (Å²) < 4.78 is 30.4. The smallest absolute Gasteiger partial charge is 0.123 e. The zero-order valence-corrected chi connectivity index (χ0v) is 21.2. The van der Waals surface area contributed by atoms with E-state index in [1.54, 1.807) is 20.9 Å². The lowest BCUT2D eigenvalue weighted by Gasteiger charge is -2.50. The van der Waals surface area contributed by atoms with Gasteiger partial charge in [0.05, 0.1) is 0 Å². The van der Waals surface area contributed by atoms with Crippen LogP contribution in [-0.2, 0) is 6.42 Å². The summed E-state index contributed by atoms with van der Waals surface area (Å²) in [4.78, 5) is 2.41. The van der Waals surface area contributed by atoms with E-state index in [1.165, 1.54) is 28.3 Å². The number of likely N-dealkylation sites (tertiary alicyclic amines) is 1. The summed E-state index contributed by atoms with van der Waals surface area (Å²) in [7, 11) is 1.64. The third kappa shape index (κ3) is 5.99. The Balaban J connectivity index is 1.60. The van der Waals surface area contributed by atoms with Gasteiger partial charge in [0, 0.05) is 32.1 Å². The lowest BCUT2D eigenvalue weighted by Crippen LogP contribution is -2.54. The molecular formula is C29H37F2N5. The molecule has 0 spiro atoms. The molecule has 1 saturated heterocycles. The molecule has 5 nitrogen and oxygen atoms in total. The van der Waals surface area contributed by atoms with Crippen LogP contribution in [0.15, 0.2) is 78.9 Å². The van der Waals surface area contributed by atoms with Gasteiger partial charge in [-0.2, -0.15) is 0 Å². The highest BCUT2D eigenvalue weighted by molar-refractivity contribution is 5.33. The van der Waals surface area contributed by atoms with E-state index in [-0.39, 0.29) is 12.0 Å². The molecule has 1 fully saturated rings. The minimum Gasteiger partial charge on any atom is -0.295 e. The number of halogens is 2. The number of nitrogens with zero attached hydrogens (tertiary/aromatic N) is 2. The number of rotatable bonds is 10. The van der Waals surface area contributed by atoms with E-state index in [0.29, 0.717) is 11.1 Å². The predicted molar refractivity (Wildman–Crippen MR) is 141 cm³/mol. The van der Waals surface area contributed by atoms with Crippen LogP contribution in [0.1, 0.15) is 54.2 Å². The van der Waals surface area contributed by atoms with Gasteiger partial charge in [-0.15, -0.1) is 0 Å². The number of nitrogens with two attached hydrogens (primary N) is 2. The molecule has 3 unspecified atom stereocenters. The van der Waals surface area contributed by atoms with Gasteiger partial charge in [0.2, 0.25) is 0 Å². The molecular weight excluding hydrogens is 456 g/mol. The zero-order chi connectivity index (χ0) is 25.9. The van der Waals surface area contributed by atoms with Crippen molar-refractivity contribution in [2.24, 2.45) is 17.6 Å². The molecule has 3 aromatic carbocycles.